The van der Waals surface area contributed by atoms with E-state index in [-0.39, 0.29) is 11.3 Å². The average molecular weight is 413 g/mol. The lowest BCUT2D eigenvalue weighted by atomic mass is 9.80. The standard InChI is InChI=1S/C20H19N3O5S/c1-28-17(25)12-5-2-3-6-14(12)21-16(24)11-23-18(26)20(22-19(23)27)9-4-7-15-13(20)8-10-29-15/h2-3,5-6,8,10H,4,7,9,11H2,1H3,(H,21,24)(H,22,27). The molecule has 2 aromatic rings. The summed E-state index contributed by atoms with van der Waals surface area (Å²) in [5.41, 5.74) is 0.177. The molecule has 1 unspecified atom stereocenters. The Bertz CT molecular complexity index is 1020. The Hall–Kier alpha value is -3.20. The highest BCUT2D eigenvalue weighted by Gasteiger charge is 2.54. The van der Waals surface area contributed by atoms with E-state index >= 15 is 0 Å². The fourth-order valence-electron chi connectivity index (χ4n) is 3.90. The fourth-order valence-corrected chi connectivity index (χ4v) is 4.90. The first kappa shape index (κ1) is 19.1. The normalized spacial score (nSPS) is 20.4. The molecular weight excluding hydrogens is 394 g/mol. The second-order valence-corrected chi connectivity index (χ2v) is 7.92. The Labute approximate surface area is 170 Å². The largest absolute Gasteiger partial charge is 0.465 e. The van der Waals surface area contributed by atoms with E-state index in [9.17, 15) is 19.2 Å². The maximum absolute atomic E-state index is 13.2. The first-order valence-electron chi connectivity index (χ1n) is 9.14. The highest BCUT2D eigenvalue weighted by molar-refractivity contribution is 7.10. The zero-order valence-corrected chi connectivity index (χ0v) is 16.5. The topological polar surface area (TPSA) is 105 Å². The summed E-state index contributed by atoms with van der Waals surface area (Å²) in [5, 5.41) is 7.31. The molecule has 2 aliphatic rings. The van der Waals surface area contributed by atoms with E-state index in [1.807, 2.05) is 11.4 Å². The summed E-state index contributed by atoms with van der Waals surface area (Å²) in [5.74, 6) is -1.59. The van der Waals surface area contributed by atoms with Crippen LogP contribution in [0.5, 0.6) is 0 Å². The molecule has 2 heterocycles. The number of urea groups is 1. The quantitative estimate of drug-likeness (QED) is 0.591. The Morgan fingerprint density at radius 2 is 2.07 bits per heavy atom. The SMILES string of the molecule is COC(=O)c1ccccc1NC(=O)CN1C(=O)NC2(CCCc3sccc32)C1=O. The smallest absolute Gasteiger partial charge is 0.339 e. The Morgan fingerprint density at radius 1 is 1.28 bits per heavy atom. The number of amides is 4. The summed E-state index contributed by atoms with van der Waals surface area (Å²) in [4.78, 5) is 52.1. The van der Waals surface area contributed by atoms with E-state index in [1.165, 1.54) is 13.2 Å². The van der Waals surface area contributed by atoms with Crippen LogP contribution in [0, 0.1) is 0 Å². The molecule has 1 atom stereocenters. The van der Waals surface area contributed by atoms with Crippen molar-refractivity contribution in [3.8, 4) is 0 Å². The molecule has 2 N–H and O–H groups in total. The minimum absolute atomic E-state index is 0.187. The van der Waals surface area contributed by atoms with Crippen LogP contribution in [0.3, 0.4) is 0 Å². The summed E-state index contributed by atoms with van der Waals surface area (Å²) in [7, 11) is 1.25. The highest BCUT2D eigenvalue weighted by Crippen LogP contribution is 2.42. The second-order valence-electron chi connectivity index (χ2n) is 6.92. The van der Waals surface area contributed by atoms with Gasteiger partial charge in [0.2, 0.25) is 5.91 Å². The summed E-state index contributed by atoms with van der Waals surface area (Å²) in [6.45, 7) is -0.443. The summed E-state index contributed by atoms with van der Waals surface area (Å²) in [6, 6.07) is 7.65. The molecule has 1 aliphatic carbocycles. The number of carbonyl (C=O) groups is 4. The molecule has 0 bridgehead atoms. The zero-order chi connectivity index (χ0) is 20.6. The molecule has 150 valence electrons. The van der Waals surface area contributed by atoms with Crippen molar-refractivity contribution < 1.29 is 23.9 Å². The molecule has 4 rings (SSSR count). The molecule has 29 heavy (non-hydrogen) atoms. The van der Waals surface area contributed by atoms with Crippen molar-refractivity contribution in [1.82, 2.24) is 10.2 Å². The van der Waals surface area contributed by atoms with Crippen molar-refractivity contribution in [2.24, 2.45) is 0 Å². The zero-order valence-electron chi connectivity index (χ0n) is 15.7. The number of para-hydroxylation sites is 1. The van der Waals surface area contributed by atoms with Gasteiger partial charge in [-0.2, -0.15) is 0 Å². The molecule has 1 aliphatic heterocycles. The van der Waals surface area contributed by atoms with Crippen LogP contribution >= 0.6 is 11.3 Å². The third kappa shape index (κ3) is 3.17. The average Bonchev–Trinajstić information content (AvgIpc) is 3.28. The van der Waals surface area contributed by atoms with Gasteiger partial charge in [-0.1, -0.05) is 12.1 Å². The van der Waals surface area contributed by atoms with Crippen molar-refractivity contribution in [3.05, 3.63) is 51.7 Å². The monoisotopic (exact) mass is 413 g/mol. The predicted molar refractivity (Wildman–Crippen MR) is 106 cm³/mol. The van der Waals surface area contributed by atoms with Gasteiger partial charge in [-0.3, -0.25) is 14.5 Å². The van der Waals surface area contributed by atoms with Crippen molar-refractivity contribution in [2.45, 2.75) is 24.8 Å². The molecule has 1 aromatic carbocycles. The van der Waals surface area contributed by atoms with E-state index in [4.69, 9.17) is 4.74 Å². The number of esters is 1. The van der Waals surface area contributed by atoms with Gasteiger partial charge in [-0.05, 0) is 42.8 Å². The molecule has 0 radical (unpaired) electrons. The Morgan fingerprint density at radius 3 is 2.86 bits per heavy atom. The highest BCUT2D eigenvalue weighted by atomic mass is 32.1. The number of ether oxygens (including phenoxy) is 1. The molecule has 0 saturated carbocycles. The molecule has 1 fully saturated rings. The number of benzene rings is 1. The van der Waals surface area contributed by atoms with Crippen molar-refractivity contribution in [1.29, 1.82) is 0 Å². The van der Waals surface area contributed by atoms with Gasteiger partial charge in [0.15, 0.2) is 0 Å². The minimum Gasteiger partial charge on any atom is -0.465 e. The van der Waals surface area contributed by atoms with Gasteiger partial charge in [-0.25, -0.2) is 9.59 Å². The maximum atomic E-state index is 13.2. The predicted octanol–water partition coefficient (Wildman–Crippen LogP) is 2.26. The van der Waals surface area contributed by atoms with E-state index in [1.54, 1.807) is 29.5 Å². The summed E-state index contributed by atoms with van der Waals surface area (Å²) >= 11 is 1.57. The number of imide groups is 1. The maximum Gasteiger partial charge on any atom is 0.339 e. The lowest BCUT2D eigenvalue weighted by molar-refractivity contribution is -0.134. The van der Waals surface area contributed by atoms with Crippen LogP contribution in [0.4, 0.5) is 10.5 Å². The van der Waals surface area contributed by atoms with Crippen LogP contribution < -0.4 is 10.6 Å². The number of nitrogens with one attached hydrogen (secondary N) is 2. The number of thiophene rings is 1. The molecular formula is C20H19N3O5S. The van der Waals surface area contributed by atoms with Crippen molar-refractivity contribution in [3.63, 3.8) is 0 Å². The van der Waals surface area contributed by atoms with Crippen molar-refractivity contribution in [2.75, 3.05) is 19.0 Å². The number of hydrogen-bond acceptors (Lipinski definition) is 6. The third-order valence-electron chi connectivity index (χ3n) is 5.24. The van der Waals surface area contributed by atoms with Crippen LogP contribution in [0.2, 0.25) is 0 Å². The van der Waals surface area contributed by atoms with Crippen molar-refractivity contribution >= 4 is 40.8 Å². The number of hydrogen-bond donors (Lipinski definition) is 2. The van der Waals surface area contributed by atoms with Gasteiger partial charge in [-0.15, -0.1) is 11.3 Å². The number of methoxy groups -OCH3 is 1. The molecule has 1 saturated heterocycles. The molecule has 9 heteroatoms. The van der Waals surface area contributed by atoms with Crippen LogP contribution in [-0.2, 0) is 26.3 Å². The van der Waals surface area contributed by atoms with E-state index in [0.29, 0.717) is 6.42 Å². The minimum atomic E-state index is -1.09. The van der Waals surface area contributed by atoms with Gasteiger partial charge in [0.05, 0.1) is 18.4 Å². The summed E-state index contributed by atoms with van der Waals surface area (Å²) < 4.78 is 4.71. The van der Waals surface area contributed by atoms with Crippen LogP contribution in [-0.4, -0.2) is 42.4 Å². The van der Waals surface area contributed by atoms with Crippen LogP contribution in [0.1, 0.15) is 33.6 Å². The number of carbonyl (C=O) groups excluding carboxylic acids is 4. The van der Waals surface area contributed by atoms with Gasteiger partial charge in [0, 0.05) is 10.4 Å². The number of anilines is 1. The number of rotatable bonds is 4. The number of aryl methyl sites for hydroxylation is 1. The van der Waals surface area contributed by atoms with Gasteiger partial charge < -0.3 is 15.4 Å². The number of nitrogens with zero attached hydrogens (tertiary/aromatic N) is 1. The molecule has 4 amide bonds. The Balaban J connectivity index is 1.53. The molecule has 1 aromatic heterocycles. The van der Waals surface area contributed by atoms with Crippen LogP contribution in [0.25, 0.3) is 0 Å². The van der Waals surface area contributed by atoms with Gasteiger partial charge in [0.1, 0.15) is 12.1 Å². The van der Waals surface area contributed by atoms with E-state index < -0.39 is 35.9 Å². The van der Waals surface area contributed by atoms with E-state index in [2.05, 4.69) is 10.6 Å². The fraction of sp³-hybridized carbons (Fsp3) is 0.300. The first-order valence-corrected chi connectivity index (χ1v) is 10.0. The first-order chi connectivity index (χ1) is 14.0. The summed E-state index contributed by atoms with van der Waals surface area (Å²) in [6.07, 6.45) is 2.17. The molecule has 1 spiro atoms. The molecule has 8 nitrogen and oxygen atoms in total. The Kier molecular flexibility index (Phi) is 4.83. The van der Waals surface area contributed by atoms with Gasteiger partial charge >= 0.3 is 12.0 Å². The lowest BCUT2D eigenvalue weighted by Crippen LogP contribution is -2.46. The van der Waals surface area contributed by atoms with E-state index in [0.717, 1.165) is 28.2 Å². The second kappa shape index (κ2) is 7.32. The van der Waals surface area contributed by atoms with Crippen LogP contribution in [0.15, 0.2) is 35.7 Å². The van der Waals surface area contributed by atoms with Gasteiger partial charge in [0.25, 0.3) is 5.91 Å². The number of fused-ring (bicyclic) bond motifs is 2. The lowest BCUT2D eigenvalue weighted by Gasteiger charge is -2.31. The third-order valence-corrected chi connectivity index (χ3v) is 6.23.